The molecule has 5 heteroatoms. The normalized spacial score (nSPS) is 10.5. The molecule has 1 heterocycles. The van der Waals surface area contributed by atoms with E-state index in [1.54, 1.807) is 6.20 Å². The van der Waals surface area contributed by atoms with Crippen LogP contribution in [0.5, 0.6) is 0 Å². The van der Waals surface area contributed by atoms with Crippen LogP contribution in [-0.2, 0) is 4.52 Å². The lowest BCUT2D eigenvalue weighted by Crippen LogP contribution is -2.04. The maximum absolute atomic E-state index is 5.84. The van der Waals surface area contributed by atoms with E-state index in [0.717, 1.165) is 16.6 Å². The van der Waals surface area contributed by atoms with Gasteiger partial charge in [0.25, 0.3) is 0 Å². The quantitative estimate of drug-likeness (QED) is 0.614. The van der Waals surface area contributed by atoms with E-state index in [1.165, 1.54) is 0 Å². The summed E-state index contributed by atoms with van der Waals surface area (Å²) in [7, 11) is 2.18. The number of nitrogens with one attached hydrogen (secondary N) is 1. The lowest BCUT2D eigenvalue weighted by molar-refractivity contribution is 0.408. The number of nitrogen functional groups attached to an aromatic ring is 1. The topological polar surface area (TPSA) is 60.2 Å². The highest BCUT2D eigenvalue weighted by molar-refractivity contribution is 7.09. The molecule has 0 amide bonds. The number of aromatic nitrogens is 1. The van der Waals surface area contributed by atoms with Crippen LogP contribution in [0.15, 0.2) is 30.5 Å². The number of nitrogens with two attached hydrogens (primary N) is 1. The third-order valence-corrected chi connectivity index (χ3v) is 2.30. The van der Waals surface area contributed by atoms with Gasteiger partial charge in [-0.05, 0) is 6.07 Å². The molecule has 0 radical (unpaired) electrons. The smallest absolute Gasteiger partial charge is 0.119 e. The van der Waals surface area contributed by atoms with Gasteiger partial charge in [-0.15, -0.1) is 0 Å². The zero-order valence-corrected chi connectivity index (χ0v) is 9.26. The monoisotopic (exact) mass is 221 g/mol. The summed E-state index contributed by atoms with van der Waals surface area (Å²) in [6, 6.07) is 7.82. The van der Waals surface area contributed by atoms with Crippen molar-refractivity contribution in [1.29, 1.82) is 0 Å². The highest BCUT2D eigenvalue weighted by Gasteiger charge is 2.04. The van der Waals surface area contributed by atoms with Crippen LogP contribution >= 0.6 is 9.47 Å². The molecule has 1 unspecified atom stereocenters. The van der Waals surface area contributed by atoms with Crippen molar-refractivity contribution < 1.29 is 4.52 Å². The Hall–Kier alpha value is -1.38. The number of nitrogens with zero attached hydrogens (tertiary/aromatic N) is 1. The number of fused-ring (bicyclic) bond motifs is 1. The van der Waals surface area contributed by atoms with Crippen LogP contribution in [0.1, 0.15) is 0 Å². The van der Waals surface area contributed by atoms with Gasteiger partial charge in [0, 0.05) is 14.9 Å². The number of benzene rings is 1. The number of hydrogen-bond acceptors (Lipinski definition) is 4. The largest absolute Gasteiger partial charge is 0.396 e. The van der Waals surface area contributed by atoms with Gasteiger partial charge in [-0.3, -0.25) is 4.98 Å². The maximum Gasteiger partial charge on any atom is 0.119 e. The lowest BCUT2D eigenvalue weighted by Gasteiger charge is -2.10. The molecule has 1 aromatic carbocycles. The summed E-state index contributed by atoms with van der Waals surface area (Å²) in [5.74, 6) is 0. The summed E-state index contributed by atoms with van der Waals surface area (Å²) in [6.07, 6.45) is 1.65. The first kappa shape index (κ1) is 10.1. The van der Waals surface area contributed by atoms with Crippen molar-refractivity contribution in [3.63, 3.8) is 0 Å². The molecule has 0 bridgehead atoms. The summed E-state index contributed by atoms with van der Waals surface area (Å²) in [5.41, 5.74) is 8.24. The fourth-order valence-electron chi connectivity index (χ4n) is 1.47. The first-order valence-electron chi connectivity index (χ1n) is 4.51. The minimum atomic E-state index is 0.392. The predicted octanol–water partition coefficient (Wildman–Crippen LogP) is 1.99. The fraction of sp³-hybridized carbons (Fsp3) is 0.100. The molecule has 1 atom stereocenters. The van der Waals surface area contributed by atoms with Crippen LogP contribution in [0.2, 0.25) is 0 Å². The van der Waals surface area contributed by atoms with Crippen LogP contribution in [0.25, 0.3) is 10.9 Å². The van der Waals surface area contributed by atoms with E-state index in [2.05, 4.69) is 19.8 Å². The minimum absolute atomic E-state index is 0.392. The first-order chi connectivity index (χ1) is 7.33. The second-order valence-corrected chi connectivity index (χ2v) is 3.43. The zero-order chi connectivity index (χ0) is 10.7. The average Bonchev–Trinajstić information content (AvgIpc) is 2.28. The van der Waals surface area contributed by atoms with Gasteiger partial charge in [0.2, 0.25) is 0 Å². The van der Waals surface area contributed by atoms with Crippen LogP contribution in [-0.4, -0.2) is 11.7 Å². The molecule has 15 heavy (non-hydrogen) atoms. The first-order valence-corrected chi connectivity index (χ1v) is 4.99. The standard InChI is InChI=1S/C10H12N3OP/c11-8-5-12-9-4-2-1-3-7(9)10(8)13-6-14-15/h1-5H,6,11,15H2,(H,12,13). The highest BCUT2D eigenvalue weighted by atomic mass is 31.0. The third-order valence-electron chi connectivity index (χ3n) is 2.14. The Labute approximate surface area is 90.1 Å². The van der Waals surface area contributed by atoms with Crippen molar-refractivity contribution >= 4 is 31.7 Å². The van der Waals surface area contributed by atoms with Gasteiger partial charge in [0.05, 0.1) is 23.1 Å². The third kappa shape index (κ3) is 2.01. The van der Waals surface area contributed by atoms with Crippen LogP contribution in [0, 0.1) is 0 Å². The highest BCUT2D eigenvalue weighted by Crippen LogP contribution is 2.27. The van der Waals surface area contributed by atoms with Crippen molar-refractivity contribution in [2.75, 3.05) is 17.8 Å². The van der Waals surface area contributed by atoms with Crippen LogP contribution in [0.4, 0.5) is 11.4 Å². The van der Waals surface area contributed by atoms with E-state index in [1.807, 2.05) is 24.3 Å². The zero-order valence-electron chi connectivity index (χ0n) is 8.10. The van der Waals surface area contributed by atoms with Gasteiger partial charge in [-0.1, -0.05) is 18.2 Å². The van der Waals surface area contributed by atoms with Gasteiger partial charge in [0.1, 0.15) is 6.73 Å². The Morgan fingerprint density at radius 3 is 3.00 bits per heavy atom. The molecule has 0 aliphatic heterocycles. The number of anilines is 2. The second kappa shape index (κ2) is 4.43. The van der Waals surface area contributed by atoms with Crippen LogP contribution < -0.4 is 11.1 Å². The van der Waals surface area contributed by atoms with E-state index in [4.69, 9.17) is 10.3 Å². The van der Waals surface area contributed by atoms with Gasteiger partial charge in [0.15, 0.2) is 0 Å². The van der Waals surface area contributed by atoms with Gasteiger partial charge in [-0.2, -0.15) is 0 Å². The number of rotatable bonds is 3. The molecular formula is C10H12N3OP. The SMILES string of the molecule is Nc1cnc2ccccc2c1NCOP. The van der Waals surface area contributed by atoms with Gasteiger partial charge in [-0.25, -0.2) is 0 Å². The lowest BCUT2D eigenvalue weighted by atomic mass is 10.1. The van der Waals surface area contributed by atoms with E-state index < -0.39 is 0 Å². The van der Waals surface area contributed by atoms with E-state index in [9.17, 15) is 0 Å². The van der Waals surface area contributed by atoms with Crippen molar-refractivity contribution in [3.8, 4) is 0 Å². The Balaban J connectivity index is 2.53. The molecule has 0 fully saturated rings. The molecular weight excluding hydrogens is 209 g/mol. The molecule has 2 rings (SSSR count). The molecule has 0 aliphatic carbocycles. The Morgan fingerprint density at radius 2 is 2.20 bits per heavy atom. The molecule has 0 saturated carbocycles. The Bertz CT molecular complexity index is 475. The number of hydrogen-bond donors (Lipinski definition) is 2. The maximum atomic E-state index is 5.84. The second-order valence-electron chi connectivity index (χ2n) is 3.09. The van der Waals surface area contributed by atoms with Crippen molar-refractivity contribution in [1.82, 2.24) is 4.98 Å². The van der Waals surface area contributed by atoms with E-state index in [0.29, 0.717) is 12.4 Å². The van der Waals surface area contributed by atoms with Crippen molar-refractivity contribution in [2.24, 2.45) is 0 Å². The molecule has 1 aromatic heterocycles. The summed E-state index contributed by atoms with van der Waals surface area (Å²) >= 11 is 0. The van der Waals surface area contributed by atoms with Crippen LogP contribution in [0.3, 0.4) is 0 Å². The summed E-state index contributed by atoms with van der Waals surface area (Å²) in [4.78, 5) is 4.24. The summed E-state index contributed by atoms with van der Waals surface area (Å²) < 4.78 is 4.88. The molecule has 4 nitrogen and oxygen atoms in total. The molecule has 0 aliphatic rings. The number of para-hydroxylation sites is 1. The van der Waals surface area contributed by atoms with E-state index >= 15 is 0 Å². The molecule has 3 N–H and O–H groups in total. The molecule has 0 spiro atoms. The van der Waals surface area contributed by atoms with Crippen molar-refractivity contribution in [2.45, 2.75) is 0 Å². The van der Waals surface area contributed by atoms with E-state index in [-0.39, 0.29) is 0 Å². The molecule has 0 saturated heterocycles. The summed E-state index contributed by atoms with van der Waals surface area (Å²) in [5, 5.41) is 4.10. The van der Waals surface area contributed by atoms with Gasteiger partial charge < -0.3 is 15.6 Å². The Morgan fingerprint density at radius 1 is 1.40 bits per heavy atom. The molecule has 2 aromatic rings. The average molecular weight is 221 g/mol. The fourth-order valence-corrected chi connectivity index (χ4v) is 1.55. The predicted molar refractivity (Wildman–Crippen MR) is 65.4 cm³/mol. The minimum Gasteiger partial charge on any atom is -0.396 e. The van der Waals surface area contributed by atoms with Crippen molar-refractivity contribution in [3.05, 3.63) is 30.5 Å². The molecule has 78 valence electrons. The van der Waals surface area contributed by atoms with Gasteiger partial charge >= 0.3 is 0 Å². The number of pyridine rings is 1. The summed E-state index contributed by atoms with van der Waals surface area (Å²) in [6.45, 7) is 0.392. The Kier molecular flexibility index (Phi) is 2.99.